The number of aliphatic carboxylic acids is 1. The van der Waals surface area contributed by atoms with Gasteiger partial charge in [-0.15, -0.1) is 0 Å². The van der Waals surface area contributed by atoms with Gasteiger partial charge in [0.15, 0.2) is 0 Å². The third-order valence-electron chi connectivity index (χ3n) is 3.73. The minimum Gasteiger partial charge on any atom is -0.481 e. The molecular weight excluding hydrogens is 230 g/mol. The molecule has 1 aromatic heterocycles. The van der Waals surface area contributed by atoms with Gasteiger partial charge < -0.3 is 15.0 Å². The molecule has 1 aromatic rings. The van der Waals surface area contributed by atoms with Gasteiger partial charge in [0.05, 0.1) is 5.92 Å². The van der Waals surface area contributed by atoms with Crippen molar-refractivity contribution in [1.29, 1.82) is 0 Å². The fraction of sp³-hybridized carbons (Fsp3) is 0.692. The van der Waals surface area contributed by atoms with Crippen LogP contribution in [0.4, 0.5) is 0 Å². The van der Waals surface area contributed by atoms with E-state index in [9.17, 15) is 4.79 Å². The highest BCUT2D eigenvalue weighted by Crippen LogP contribution is 2.24. The van der Waals surface area contributed by atoms with Gasteiger partial charge >= 0.3 is 5.97 Å². The van der Waals surface area contributed by atoms with Crippen LogP contribution in [-0.4, -0.2) is 33.2 Å². The van der Waals surface area contributed by atoms with E-state index < -0.39 is 5.97 Å². The highest BCUT2D eigenvalue weighted by atomic mass is 16.4. The van der Waals surface area contributed by atoms with Gasteiger partial charge in [-0.3, -0.25) is 4.79 Å². The first kappa shape index (κ1) is 13.1. The lowest BCUT2D eigenvalue weighted by Crippen LogP contribution is -2.37. The SMILES string of the molecule is Cn1ccnc1CCNC1CCCC(C(=O)O)C1. The molecule has 1 saturated carbocycles. The molecule has 18 heavy (non-hydrogen) atoms. The van der Waals surface area contributed by atoms with Crippen molar-refractivity contribution in [3.63, 3.8) is 0 Å². The van der Waals surface area contributed by atoms with Crippen molar-refractivity contribution in [2.45, 2.75) is 38.1 Å². The molecule has 1 aliphatic rings. The Balaban J connectivity index is 1.73. The summed E-state index contributed by atoms with van der Waals surface area (Å²) in [6.07, 6.45) is 8.31. The van der Waals surface area contributed by atoms with Crippen molar-refractivity contribution in [1.82, 2.24) is 14.9 Å². The molecule has 2 unspecified atom stereocenters. The van der Waals surface area contributed by atoms with Crippen molar-refractivity contribution >= 4 is 5.97 Å². The monoisotopic (exact) mass is 251 g/mol. The standard InChI is InChI=1S/C13H21N3O2/c1-16-8-7-15-12(16)5-6-14-11-4-2-3-10(9-11)13(17)18/h7-8,10-11,14H,2-6,9H2,1H3,(H,17,18). The number of imidazole rings is 1. The Kier molecular flexibility index (Phi) is 4.36. The molecule has 1 fully saturated rings. The lowest BCUT2D eigenvalue weighted by molar-refractivity contribution is -0.143. The number of carboxylic acids is 1. The molecule has 0 saturated heterocycles. The Morgan fingerprint density at radius 2 is 2.44 bits per heavy atom. The summed E-state index contributed by atoms with van der Waals surface area (Å²) >= 11 is 0. The van der Waals surface area contributed by atoms with Crippen LogP contribution in [-0.2, 0) is 18.3 Å². The predicted octanol–water partition coefficient (Wildman–Crippen LogP) is 1.20. The van der Waals surface area contributed by atoms with Crippen LogP contribution in [0.25, 0.3) is 0 Å². The summed E-state index contributed by atoms with van der Waals surface area (Å²) in [6, 6.07) is 0.347. The molecule has 2 atom stereocenters. The number of hydrogen-bond donors (Lipinski definition) is 2. The molecular formula is C13H21N3O2. The minimum absolute atomic E-state index is 0.163. The Labute approximate surface area is 107 Å². The molecule has 100 valence electrons. The fourth-order valence-corrected chi connectivity index (χ4v) is 2.62. The van der Waals surface area contributed by atoms with E-state index in [1.807, 2.05) is 17.8 Å². The predicted molar refractivity (Wildman–Crippen MR) is 68.3 cm³/mol. The highest BCUT2D eigenvalue weighted by Gasteiger charge is 2.26. The van der Waals surface area contributed by atoms with Gasteiger partial charge in [-0.25, -0.2) is 4.98 Å². The zero-order chi connectivity index (χ0) is 13.0. The highest BCUT2D eigenvalue weighted by molar-refractivity contribution is 5.70. The maximum Gasteiger partial charge on any atom is 0.306 e. The van der Waals surface area contributed by atoms with Crippen LogP contribution in [0.2, 0.25) is 0 Å². The molecule has 5 heteroatoms. The summed E-state index contributed by atoms with van der Waals surface area (Å²) in [4.78, 5) is 15.2. The van der Waals surface area contributed by atoms with Crippen molar-refractivity contribution in [3.8, 4) is 0 Å². The smallest absolute Gasteiger partial charge is 0.306 e. The van der Waals surface area contributed by atoms with Crippen LogP contribution >= 0.6 is 0 Å². The van der Waals surface area contributed by atoms with Gasteiger partial charge in [-0.1, -0.05) is 6.42 Å². The molecule has 1 heterocycles. The largest absolute Gasteiger partial charge is 0.481 e. The number of rotatable bonds is 5. The van der Waals surface area contributed by atoms with Crippen molar-refractivity contribution in [2.24, 2.45) is 13.0 Å². The van der Waals surface area contributed by atoms with Crippen LogP contribution in [0.15, 0.2) is 12.4 Å². The van der Waals surface area contributed by atoms with Crippen molar-refractivity contribution in [2.75, 3.05) is 6.54 Å². The lowest BCUT2D eigenvalue weighted by atomic mass is 9.86. The molecule has 0 spiro atoms. The van der Waals surface area contributed by atoms with Gasteiger partial charge in [-0.2, -0.15) is 0 Å². The van der Waals surface area contributed by atoms with E-state index in [4.69, 9.17) is 5.11 Å². The van der Waals surface area contributed by atoms with E-state index in [1.165, 1.54) is 0 Å². The topological polar surface area (TPSA) is 67.2 Å². The molecule has 2 N–H and O–H groups in total. The van der Waals surface area contributed by atoms with E-state index in [1.54, 1.807) is 6.20 Å². The van der Waals surface area contributed by atoms with Gasteiger partial charge in [0.25, 0.3) is 0 Å². The summed E-state index contributed by atoms with van der Waals surface area (Å²) in [5.41, 5.74) is 0. The number of nitrogens with one attached hydrogen (secondary N) is 1. The number of carboxylic acid groups (broad SMARTS) is 1. The summed E-state index contributed by atoms with van der Waals surface area (Å²) < 4.78 is 2.02. The van der Waals surface area contributed by atoms with Crippen LogP contribution in [0.5, 0.6) is 0 Å². The summed E-state index contributed by atoms with van der Waals surface area (Å²) in [7, 11) is 1.99. The van der Waals surface area contributed by atoms with Gasteiger partial charge in [-0.05, 0) is 19.3 Å². The summed E-state index contributed by atoms with van der Waals surface area (Å²) in [6.45, 7) is 0.863. The number of carbonyl (C=O) groups is 1. The van der Waals surface area contributed by atoms with E-state index in [-0.39, 0.29) is 5.92 Å². The molecule has 0 aromatic carbocycles. The zero-order valence-corrected chi connectivity index (χ0v) is 10.8. The molecule has 5 nitrogen and oxygen atoms in total. The quantitative estimate of drug-likeness (QED) is 0.825. The Morgan fingerprint density at radius 3 is 3.11 bits per heavy atom. The Hall–Kier alpha value is -1.36. The van der Waals surface area contributed by atoms with Crippen LogP contribution in [0.3, 0.4) is 0 Å². The molecule has 2 rings (SSSR count). The van der Waals surface area contributed by atoms with Gasteiger partial charge in [0.1, 0.15) is 5.82 Å². The zero-order valence-electron chi connectivity index (χ0n) is 10.8. The van der Waals surface area contributed by atoms with Gasteiger partial charge in [0, 0.05) is 38.4 Å². The molecule has 0 bridgehead atoms. The fourth-order valence-electron chi connectivity index (χ4n) is 2.62. The Morgan fingerprint density at radius 1 is 1.61 bits per heavy atom. The second kappa shape index (κ2) is 6.00. The van der Waals surface area contributed by atoms with E-state index in [0.717, 1.165) is 44.5 Å². The van der Waals surface area contributed by atoms with E-state index >= 15 is 0 Å². The first-order valence-corrected chi connectivity index (χ1v) is 6.59. The lowest BCUT2D eigenvalue weighted by Gasteiger charge is -2.27. The van der Waals surface area contributed by atoms with Crippen LogP contribution < -0.4 is 5.32 Å². The average molecular weight is 251 g/mol. The maximum absolute atomic E-state index is 11.0. The first-order valence-electron chi connectivity index (χ1n) is 6.59. The van der Waals surface area contributed by atoms with Crippen LogP contribution in [0.1, 0.15) is 31.5 Å². The minimum atomic E-state index is -0.648. The normalized spacial score (nSPS) is 24.1. The number of aromatic nitrogens is 2. The maximum atomic E-state index is 11.0. The number of aryl methyl sites for hydroxylation is 1. The number of nitrogens with zero attached hydrogens (tertiary/aromatic N) is 2. The second-order valence-corrected chi connectivity index (χ2v) is 5.06. The number of hydrogen-bond acceptors (Lipinski definition) is 3. The molecule has 1 aliphatic carbocycles. The van der Waals surface area contributed by atoms with Crippen LogP contribution in [0, 0.1) is 5.92 Å². The third-order valence-corrected chi connectivity index (χ3v) is 3.73. The van der Waals surface area contributed by atoms with Gasteiger partial charge in [0.2, 0.25) is 0 Å². The summed E-state index contributed by atoms with van der Waals surface area (Å²) in [5, 5.41) is 12.5. The van der Waals surface area contributed by atoms with Crippen molar-refractivity contribution in [3.05, 3.63) is 18.2 Å². The van der Waals surface area contributed by atoms with Crippen molar-refractivity contribution < 1.29 is 9.90 Å². The molecule has 0 amide bonds. The molecule has 0 radical (unpaired) electrons. The third kappa shape index (κ3) is 3.32. The Bertz CT molecular complexity index is 403. The van der Waals surface area contributed by atoms with E-state index in [2.05, 4.69) is 10.3 Å². The molecule has 0 aliphatic heterocycles. The summed E-state index contributed by atoms with van der Waals surface area (Å²) in [5.74, 6) is 0.253. The first-order chi connectivity index (χ1) is 8.66. The van der Waals surface area contributed by atoms with E-state index in [0.29, 0.717) is 6.04 Å². The average Bonchev–Trinajstić information content (AvgIpc) is 2.76. The second-order valence-electron chi connectivity index (χ2n) is 5.06.